The summed E-state index contributed by atoms with van der Waals surface area (Å²) in [4.78, 5) is 28.2. The zero-order valence-corrected chi connectivity index (χ0v) is 36.9. The van der Waals surface area contributed by atoms with Crippen molar-refractivity contribution in [3.63, 3.8) is 0 Å². The Morgan fingerprint density at radius 3 is 1.20 bits per heavy atom. The zero-order valence-electron chi connectivity index (χ0n) is 35.3. The maximum atomic E-state index is 11.2. The highest BCUT2D eigenvalue weighted by molar-refractivity contribution is 7.16. The van der Waals surface area contributed by atoms with Crippen molar-refractivity contribution in [3.05, 3.63) is 194 Å². The Morgan fingerprint density at radius 2 is 0.846 bits per heavy atom. The Bertz CT molecular complexity index is 2830. The number of anilines is 3. The summed E-state index contributed by atoms with van der Waals surface area (Å²) < 4.78 is 0. The number of carboxylic acid groups (broad SMARTS) is 2. The number of benzene rings is 5. The van der Waals surface area contributed by atoms with Crippen molar-refractivity contribution in [3.8, 4) is 33.0 Å². The minimum absolute atomic E-state index is 0.288. The van der Waals surface area contributed by atoms with Gasteiger partial charge in [0, 0.05) is 36.6 Å². The van der Waals surface area contributed by atoms with Gasteiger partial charge in [-0.1, -0.05) is 128 Å². The molecule has 0 saturated heterocycles. The second-order valence-electron chi connectivity index (χ2n) is 15.7. The molecule has 318 valence electrons. The Morgan fingerprint density at radius 1 is 0.492 bits per heavy atom. The average molecular weight is 886 g/mol. The van der Waals surface area contributed by atoms with E-state index in [0.29, 0.717) is 15.7 Å². The molecule has 0 radical (unpaired) electrons. The quantitative estimate of drug-likeness (QED) is 0.0633. The smallest absolute Gasteiger partial charge is 0.346 e. The summed E-state index contributed by atoms with van der Waals surface area (Å²) in [5.74, 6) is -1.84. The Hall–Kier alpha value is -7.82. The van der Waals surface area contributed by atoms with Crippen LogP contribution in [-0.2, 0) is 9.59 Å². The van der Waals surface area contributed by atoms with E-state index in [9.17, 15) is 19.8 Å². The third-order valence-corrected chi connectivity index (χ3v) is 13.5. The summed E-state index contributed by atoms with van der Waals surface area (Å²) in [5.41, 5.74) is 10.3. The van der Waals surface area contributed by atoms with Gasteiger partial charge in [0.15, 0.2) is 0 Å². The van der Waals surface area contributed by atoms with Crippen LogP contribution in [0.5, 0.6) is 0 Å². The van der Waals surface area contributed by atoms with Crippen LogP contribution in [0, 0.1) is 22.7 Å². The maximum absolute atomic E-state index is 11.2. The summed E-state index contributed by atoms with van der Waals surface area (Å²) >= 11 is 2.88. The van der Waals surface area contributed by atoms with E-state index in [0.717, 1.165) is 60.2 Å². The molecule has 9 heteroatoms. The van der Waals surface area contributed by atoms with Gasteiger partial charge >= 0.3 is 11.9 Å². The molecule has 5 aromatic carbocycles. The fraction of sp³-hybridized carbons (Fsp3) is 0.107. The van der Waals surface area contributed by atoms with Crippen LogP contribution < -0.4 is 4.90 Å². The molecule has 0 atom stereocenters. The molecule has 0 amide bonds. The molecular formula is C56H43N3O4S2. The summed E-state index contributed by atoms with van der Waals surface area (Å²) in [6.45, 7) is 0. The predicted molar refractivity (Wildman–Crippen MR) is 267 cm³/mol. The van der Waals surface area contributed by atoms with E-state index in [-0.39, 0.29) is 11.1 Å². The van der Waals surface area contributed by atoms with Crippen molar-refractivity contribution >= 4 is 88.1 Å². The van der Waals surface area contributed by atoms with Gasteiger partial charge in [-0.15, -0.1) is 22.7 Å². The molecule has 0 aliphatic heterocycles. The van der Waals surface area contributed by atoms with Crippen molar-refractivity contribution < 1.29 is 19.8 Å². The van der Waals surface area contributed by atoms with E-state index < -0.39 is 11.9 Å². The standard InChI is InChI=1S/C56H43N3O4S2/c57-36-46(55(60)61)34-51-30-32-53(64-51)44-18-10-38(11-19-44)6-8-40-14-24-48(25-15-40)59(50-28-22-43(23-29-50)42-4-2-1-3-5-42)49-26-16-41(17-27-49)9-7-39-12-20-45(21-13-39)54-33-31-52(65-54)35-47(37-58)56(62)63/h6-35,42H,1-5H2,(H,60,61)(H,62,63). The third kappa shape index (κ3) is 11.0. The molecule has 0 bridgehead atoms. The van der Waals surface area contributed by atoms with Crippen LogP contribution in [0.15, 0.2) is 157 Å². The van der Waals surface area contributed by atoms with Crippen LogP contribution in [0.1, 0.15) is 75.6 Å². The van der Waals surface area contributed by atoms with Gasteiger partial charge < -0.3 is 15.1 Å². The van der Waals surface area contributed by atoms with Crippen molar-refractivity contribution in [2.24, 2.45) is 0 Å². The van der Waals surface area contributed by atoms with Gasteiger partial charge in [0.2, 0.25) is 0 Å². The van der Waals surface area contributed by atoms with Gasteiger partial charge in [0.25, 0.3) is 0 Å². The van der Waals surface area contributed by atoms with E-state index in [4.69, 9.17) is 10.5 Å². The van der Waals surface area contributed by atoms with Crippen LogP contribution >= 0.6 is 22.7 Å². The van der Waals surface area contributed by atoms with E-state index in [1.807, 2.05) is 48.5 Å². The first-order chi connectivity index (χ1) is 31.7. The number of aliphatic carboxylic acids is 2. The highest BCUT2D eigenvalue weighted by atomic mass is 32.1. The average Bonchev–Trinajstić information content (AvgIpc) is 4.03. The number of nitriles is 2. The molecule has 65 heavy (non-hydrogen) atoms. The molecule has 7 aromatic rings. The molecule has 7 nitrogen and oxygen atoms in total. The number of thiophene rings is 2. The van der Waals surface area contributed by atoms with Crippen LogP contribution in [0.3, 0.4) is 0 Å². The Kier molecular flexibility index (Phi) is 13.9. The lowest BCUT2D eigenvalue weighted by Crippen LogP contribution is -2.10. The highest BCUT2D eigenvalue weighted by Crippen LogP contribution is 2.38. The first kappa shape index (κ1) is 43.8. The van der Waals surface area contributed by atoms with Crippen molar-refractivity contribution in [2.75, 3.05) is 4.90 Å². The van der Waals surface area contributed by atoms with Crippen LogP contribution in [0.4, 0.5) is 17.1 Å². The number of rotatable bonds is 14. The monoisotopic (exact) mass is 885 g/mol. The van der Waals surface area contributed by atoms with Gasteiger partial charge in [-0.05, 0) is 131 Å². The SMILES string of the molecule is N#CC(=Cc1ccc(-c2ccc(C=Cc3ccc(N(c4ccc(C=Cc5ccc(-c6ccc(C=C(C#N)C(=O)O)s6)cc5)cc4)c4ccc(C5CCCCC5)cc4)cc3)cc2)s1)C(=O)O. The molecule has 1 saturated carbocycles. The first-order valence-corrected chi connectivity index (χ1v) is 22.9. The van der Waals surface area contributed by atoms with Gasteiger partial charge in [0.05, 0.1) is 0 Å². The molecular weight excluding hydrogens is 843 g/mol. The van der Waals surface area contributed by atoms with Crippen molar-refractivity contribution in [1.82, 2.24) is 0 Å². The molecule has 2 aromatic heterocycles. The zero-order chi connectivity index (χ0) is 45.1. The summed E-state index contributed by atoms with van der Waals surface area (Å²) in [7, 11) is 0. The second kappa shape index (κ2) is 20.6. The molecule has 2 N–H and O–H groups in total. The van der Waals surface area contributed by atoms with Crippen molar-refractivity contribution in [1.29, 1.82) is 10.5 Å². The lowest BCUT2D eigenvalue weighted by Gasteiger charge is -2.27. The minimum Gasteiger partial charge on any atom is -0.477 e. The van der Waals surface area contributed by atoms with Gasteiger partial charge in [-0.25, -0.2) is 9.59 Å². The predicted octanol–water partition coefficient (Wildman–Crippen LogP) is 15.0. The summed E-state index contributed by atoms with van der Waals surface area (Å²) in [6, 6.07) is 53.7. The third-order valence-electron chi connectivity index (χ3n) is 11.4. The fourth-order valence-electron chi connectivity index (χ4n) is 7.89. The normalized spacial score (nSPS) is 13.4. The minimum atomic E-state index is -1.23. The Balaban J connectivity index is 0.973. The number of hydrogen-bond acceptors (Lipinski definition) is 7. The van der Waals surface area contributed by atoms with Crippen LogP contribution in [0.25, 0.3) is 57.3 Å². The molecule has 1 aliphatic carbocycles. The number of carboxylic acids is 2. The highest BCUT2D eigenvalue weighted by Gasteiger charge is 2.18. The maximum Gasteiger partial charge on any atom is 0.346 e. The largest absolute Gasteiger partial charge is 0.477 e. The number of hydrogen-bond donors (Lipinski definition) is 2. The van der Waals surface area contributed by atoms with Gasteiger partial charge in [-0.3, -0.25) is 0 Å². The van der Waals surface area contributed by atoms with E-state index in [2.05, 4.69) is 126 Å². The summed E-state index contributed by atoms with van der Waals surface area (Å²) in [6.07, 6.45) is 17.6. The molecule has 8 rings (SSSR count). The topological polar surface area (TPSA) is 125 Å². The molecule has 1 aliphatic rings. The molecule has 1 fully saturated rings. The van der Waals surface area contributed by atoms with Gasteiger partial charge in [-0.2, -0.15) is 10.5 Å². The number of nitrogens with zero attached hydrogens (tertiary/aromatic N) is 3. The first-order valence-electron chi connectivity index (χ1n) is 21.3. The van der Waals surface area contributed by atoms with Crippen LogP contribution in [-0.4, -0.2) is 22.2 Å². The van der Waals surface area contributed by atoms with Crippen LogP contribution in [0.2, 0.25) is 0 Å². The lowest BCUT2D eigenvalue weighted by molar-refractivity contribution is -0.133. The molecule has 0 unspecified atom stereocenters. The van der Waals surface area contributed by atoms with E-state index in [1.165, 1.54) is 72.5 Å². The van der Waals surface area contributed by atoms with Gasteiger partial charge in [0.1, 0.15) is 23.3 Å². The lowest BCUT2D eigenvalue weighted by atomic mass is 9.84. The van der Waals surface area contributed by atoms with E-state index in [1.54, 1.807) is 12.1 Å². The second-order valence-corrected chi connectivity index (χ2v) is 17.9. The fourth-order valence-corrected chi connectivity index (χ4v) is 9.80. The van der Waals surface area contributed by atoms with Crippen molar-refractivity contribution in [2.45, 2.75) is 38.0 Å². The molecule has 0 spiro atoms. The van der Waals surface area contributed by atoms with E-state index >= 15 is 0 Å². The number of carbonyl (C=O) groups is 2. The molecule has 2 heterocycles. The summed E-state index contributed by atoms with van der Waals surface area (Å²) in [5, 5.41) is 36.6. The Labute approximate surface area is 386 Å².